The van der Waals surface area contributed by atoms with E-state index in [4.69, 9.17) is 0 Å². The number of hydrogen-bond acceptors (Lipinski definition) is 1. The van der Waals surface area contributed by atoms with Crippen LogP contribution in [0.15, 0.2) is 48.5 Å². The average Bonchev–Trinajstić information content (AvgIpc) is 2.44. The first-order valence-electron chi connectivity index (χ1n) is 6.32. The summed E-state index contributed by atoms with van der Waals surface area (Å²) in [5.41, 5.74) is -0.393. The van der Waals surface area contributed by atoms with E-state index in [1.54, 1.807) is 30.3 Å². The van der Waals surface area contributed by atoms with Gasteiger partial charge >= 0.3 is 6.18 Å². The van der Waals surface area contributed by atoms with E-state index in [0.717, 1.165) is 6.07 Å². The molecule has 2 aromatic carbocycles. The molecule has 2 rings (SSSR count). The van der Waals surface area contributed by atoms with Crippen molar-refractivity contribution in [2.45, 2.75) is 19.0 Å². The lowest BCUT2D eigenvalue weighted by molar-refractivity contribution is -0.140. The molecule has 0 aromatic heterocycles. The fourth-order valence-electron chi connectivity index (χ4n) is 1.97. The molecule has 0 unspecified atom stereocenters. The quantitative estimate of drug-likeness (QED) is 0.592. The fraction of sp³-hybridized carbons (Fsp3) is 0.188. The number of Topliss-reactive ketones (excluding diaryl/α,β-unsaturated/α-hetero) is 1. The van der Waals surface area contributed by atoms with Crippen LogP contribution in [0.3, 0.4) is 0 Å². The molecule has 0 bridgehead atoms. The first-order valence-corrected chi connectivity index (χ1v) is 6.32. The van der Waals surface area contributed by atoms with Crippen molar-refractivity contribution >= 4 is 5.78 Å². The van der Waals surface area contributed by atoms with Crippen molar-refractivity contribution in [3.05, 3.63) is 71.0 Å². The Hall–Kier alpha value is -2.17. The average molecular weight is 296 g/mol. The largest absolute Gasteiger partial charge is 0.419 e. The molecule has 110 valence electrons. The van der Waals surface area contributed by atoms with Gasteiger partial charge in [0, 0.05) is 12.0 Å². The zero-order chi connectivity index (χ0) is 15.5. The second-order valence-corrected chi connectivity index (χ2v) is 4.60. The number of aryl methyl sites for hydroxylation is 1. The predicted molar refractivity (Wildman–Crippen MR) is 70.5 cm³/mol. The third-order valence-electron chi connectivity index (χ3n) is 3.08. The molecule has 21 heavy (non-hydrogen) atoms. The molecule has 0 aliphatic carbocycles. The summed E-state index contributed by atoms with van der Waals surface area (Å²) >= 11 is 0. The van der Waals surface area contributed by atoms with Crippen LogP contribution in [0.2, 0.25) is 0 Å². The highest BCUT2D eigenvalue weighted by molar-refractivity contribution is 5.96. The Labute approximate surface area is 119 Å². The van der Waals surface area contributed by atoms with Crippen molar-refractivity contribution < 1.29 is 22.4 Å². The van der Waals surface area contributed by atoms with Crippen molar-refractivity contribution in [2.75, 3.05) is 0 Å². The highest BCUT2D eigenvalue weighted by Gasteiger charge is 2.33. The molecule has 2 aromatic rings. The Morgan fingerprint density at radius 2 is 1.67 bits per heavy atom. The van der Waals surface area contributed by atoms with Gasteiger partial charge in [-0.05, 0) is 24.1 Å². The lowest BCUT2D eigenvalue weighted by atomic mass is 10.0. The van der Waals surface area contributed by atoms with Crippen molar-refractivity contribution in [3.8, 4) is 0 Å². The molecule has 0 spiro atoms. The first-order chi connectivity index (χ1) is 9.88. The summed E-state index contributed by atoms with van der Waals surface area (Å²) in [6.45, 7) is 0. The van der Waals surface area contributed by atoms with Crippen molar-refractivity contribution in [2.24, 2.45) is 0 Å². The second-order valence-electron chi connectivity index (χ2n) is 4.60. The molecule has 0 saturated carbocycles. The minimum atomic E-state index is -4.71. The van der Waals surface area contributed by atoms with Crippen LogP contribution in [0.5, 0.6) is 0 Å². The van der Waals surface area contributed by atoms with E-state index in [9.17, 15) is 22.4 Å². The van der Waals surface area contributed by atoms with E-state index in [1.165, 1.54) is 6.07 Å². The maximum Gasteiger partial charge on any atom is 0.419 e. The molecular formula is C16H12F4O. The minimum absolute atomic E-state index is 0.120. The lowest BCUT2D eigenvalue weighted by Crippen LogP contribution is -2.08. The Morgan fingerprint density at radius 1 is 1.00 bits per heavy atom. The van der Waals surface area contributed by atoms with Crippen molar-refractivity contribution in [3.63, 3.8) is 0 Å². The van der Waals surface area contributed by atoms with Crippen LogP contribution in [-0.2, 0) is 12.6 Å². The van der Waals surface area contributed by atoms with Gasteiger partial charge in [0.25, 0.3) is 0 Å². The molecule has 0 N–H and O–H groups in total. The maximum absolute atomic E-state index is 13.4. The monoisotopic (exact) mass is 296 g/mol. The molecule has 0 aliphatic heterocycles. The number of carbonyl (C=O) groups excluding carboxylic acids is 1. The predicted octanol–water partition coefficient (Wildman–Crippen LogP) is 4.66. The van der Waals surface area contributed by atoms with Gasteiger partial charge in [-0.1, -0.05) is 36.4 Å². The van der Waals surface area contributed by atoms with Gasteiger partial charge in [-0.3, -0.25) is 4.79 Å². The van der Waals surface area contributed by atoms with E-state index >= 15 is 0 Å². The summed E-state index contributed by atoms with van der Waals surface area (Å²) in [6.07, 6.45) is -4.39. The molecule has 5 heteroatoms. The molecule has 0 atom stereocenters. The molecule has 0 heterocycles. The molecule has 0 fully saturated rings. The summed E-state index contributed by atoms with van der Waals surface area (Å²) in [7, 11) is 0. The minimum Gasteiger partial charge on any atom is -0.294 e. The lowest BCUT2D eigenvalue weighted by Gasteiger charge is -2.09. The van der Waals surface area contributed by atoms with Crippen LogP contribution in [0, 0.1) is 5.82 Å². The van der Waals surface area contributed by atoms with Crippen molar-refractivity contribution in [1.29, 1.82) is 0 Å². The van der Waals surface area contributed by atoms with E-state index in [0.29, 0.717) is 17.2 Å². The van der Waals surface area contributed by atoms with E-state index in [2.05, 4.69) is 0 Å². The molecule has 0 radical (unpaired) electrons. The van der Waals surface area contributed by atoms with Crippen LogP contribution in [0.25, 0.3) is 0 Å². The SMILES string of the molecule is O=C(CCc1ccc(C(F)(F)F)c(F)c1)c1ccccc1. The van der Waals surface area contributed by atoms with E-state index in [1.807, 2.05) is 0 Å². The van der Waals surface area contributed by atoms with Gasteiger partial charge in [-0.2, -0.15) is 13.2 Å². The number of ketones is 1. The number of rotatable bonds is 4. The van der Waals surface area contributed by atoms with Gasteiger partial charge in [0.15, 0.2) is 5.78 Å². The van der Waals surface area contributed by atoms with Crippen LogP contribution in [-0.4, -0.2) is 5.78 Å². The van der Waals surface area contributed by atoms with Gasteiger partial charge in [-0.25, -0.2) is 4.39 Å². The molecule has 0 amide bonds. The van der Waals surface area contributed by atoms with Crippen LogP contribution >= 0.6 is 0 Å². The summed E-state index contributed by atoms with van der Waals surface area (Å²) in [4.78, 5) is 11.9. The molecule has 1 nitrogen and oxygen atoms in total. The molecular weight excluding hydrogens is 284 g/mol. The van der Waals surface area contributed by atoms with Crippen LogP contribution in [0.1, 0.15) is 27.9 Å². The summed E-state index contributed by atoms with van der Waals surface area (Å²) in [5.74, 6) is -1.44. The molecule has 0 saturated heterocycles. The van der Waals surface area contributed by atoms with Gasteiger partial charge < -0.3 is 0 Å². The highest BCUT2D eigenvalue weighted by atomic mass is 19.4. The third-order valence-corrected chi connectivity index (χ3v) is 3.08. The van der Waals surface area contributed by atoms with Gasteiger partial charge in [-0.15, -0.1) is 0 Å². The zero-order valence-corrected chi connectivity index (χ0v) is 11.0. The summed E-state index contributed by atoms with van der Waals surface area (Å²) in [5, 5.41) is 0. The highest BCUT2D eigenvalue weighted by Crippen LogP contribution is 2.31. The molecule has 0 aliphatic rings. The first kappa shape index (κ1) is 15.2. The zero-order valence-electron chi connectivity index (χ0n) is 11.0. The Balaban J connectivity index is 2.05. The number of hydrogen-bond donors (Lipinski definition) is 0. The second kappa shape index (κ2) is 6.08. The normalized spacial score (nSPS) is 11.4. The smallest absolute Gasteiger partial charge is 0.294 e. The topological polar surface area (TPSA) is 17.1 Å². The number of carbonyl (C=O) groups is 1. The van der Waals surface area contributed by atoms with Gasteiger partial charge in [0.05, 0.1) is 5.56 Å². The summed E-state index contributed by atoms with van der Waals surface area (Å²) < 4.78 is 50.7. The Kier molecular flexibility index (Phi) is 4.40. The van der Waals surface area contributed by atoms with E-state index in [-0.39, 0.29) is 18.6 Å². The van der Waals surface area contributed by atoms with Crippen LogP contribution in [0.4, 0.5) is 17.6 Å². The maximum atomic E-state index is 13.4. The van der Waals surface area contributed by atoms with Gasteiger partial charge in [0.1, 0.15) is 5.82 Å². The van der Waals surface area contributed by atoms with E-state index < -0.39 is 17.6 Å². The Bertz CT molecular complexity index is 632. The fourth-order valence-corrected chi connectivity index (χ4v) is 1.97. The number of benzene rings is 2. The van der Waals surface area contributed by atoms with Crippen LogP contribution < -0.4 is 0 Å². The Morgan fingerprint density at radius 3 is 2.24 bits per heavy atom. The standard InChI is InChI=1S/C16H12F4O/c17-14-10-11(6-8-13(14)16(18,19)20)7-9-15(21)12-4-2-1-3-5-12/h1-6,8,10H,7,9H2. The summed E-state index contributed by atoms with van der Waals surface area (Å²) in [6, 6.07) is 11.3. The third kappa shape index (κ3) is 3.90. The number of alkyl halides is 3. The van der Waals surface area contributed by atoms with Gasteiger partial charge in [0.2, 0.25) is 0 Å². The van der Waals surface area contributed by atoms with Crippen molar-refractivity contribution in [1.82, 2.24) is 0 Å². The number of halogens is 4.